The van der Waals surface area contributed by atoms with Crippen molar-refractivity contribution in [1.29, 1.82) is 0 Å². The second-order valence-electron chi connectivity index (χ2n) is 0. The molecule has 0 amide bonds. The summed E-state index contributed by atoms with van der Waals surface area (Å²) in [6, 6.07) is 0. The van der Waals surface area contributed by atoms with Crippen LogP contribution in [0.5, 0.6) is 0 Å². The first kappa shape index (κ1) is 122. The Bertz CT molecular complexity index is 8.92. The summed E-state index contributed by atoms with van der Waals surface area (Å²) >= 11 is 0. The molecule has 0 heterocycles. The van der Waals surface area contributed by atoms with Crippen molar-refractivity contribution >= 4 is 67.5 Å². The van der Waals surface area contributed by atoms with Crippen LogP contribution in [0.25, 0.3) is 0 Å². The Labute approximate surface area is 134 Å². The second-order valence-corrected chi connectivity index (χ2v) is 0. The normalized spacial score (nSPS) is 0. The van der Waals surface area contributed by atoms with E-state index in [9.17, 15) is 0 Å². The van der Waals surface area contributed by atoms with Crippen molar-refractivity contribution in [1.82, 2.24) is 0 Å². The van der Waals surface area contributed by atoms with Crippen LogP contribution in [0.3, 0.4) is 0 Å². The number of hydrogen-bond acceptors (Lipinski definition) is 5. The summed E-state index contributed by atoms with van der Waals surface area (Å²) in [5, 5.41) is 0. The van der Waals surface area contributed by atoms with Crippen LogP contribution in [-0.2, 0) is 136 Å². The molecule has 9 heteroatoms. The molecule has 0 fully saturated rings. The van der Waals surface area contributed by atoms with E-state index in [0.717, 1.165) is 0 Å². The van der Waals surface area contributed by atoms with Gasteiger partial charge in [0.25, 0.3) is 0 Å². The first-order valence-electron chi connectivity index (χ1n) is 0. The van der Waals surface area contributed by atoms with Crippen LogP contribution >= 0.6 is 0 Å². The van der Waals surface area contributed by atoms with Gasteiger partial charge in [0, 0.05) is 68.3 Å². The van der Waals surface area contributed by atoms with Gasteiger partial charge in [-0.3, -0.25) is 0 Å². The molecule has 0 rings (SSSR count). The summed E-state index contributed by atoms with van der Waals surface area (Å²) in [5.74, 6) is 0. The van der Waals surface area contributed by atoms with Crippen molar-refractivity contribution in [3.05, 3.63) is 0 Å². The fourth-order valence-corrected chi connectivity index (χ4v) is 0. The van der Waals surface area contributed by atoms with Gasteiger partial charge >= 0.3 is 0 Å². The average Bonchev–Trinajstić information content (AvgIpc) is 0. The van der Waals surface area contributed by atoms with Gasteiger partial charge in [-0.2, -0.15) is 0 Å². The van der Waals surface area contributed by atoms with E-state index in [1.807, 2.05) is 0 Å². The molecule has 72 valence electrons. The molecule has 9 heavy (non-hydrogen) atoms. The van der Waals surface area contributed by atoms with Gasteiger partial charge in [0.1, 0.15) is 0 Å². The Morgan fingerprint density at radius 3 is 0.222 bits per heavy atom. The minimum Gasteiger partial charge on any atom is -0.813 e. The van der Waals surface area contributed by atoms with E-state index in [2.05, 4.69) is 0 Å². The molecule has 0 N–H and O–H groups in total. The maximum Gasteiger partial charge on any atom is 0 e. The van der Waals surface area contributed by atoms with E-state index >= 15 is 0 Å². The van der Waals surface area contributed by atoms with Crippen LogP contribution < -0.4 is 0 Å². The van der Waals surface area contributed by atoms with Gasteiger partial charge < -0.3 is 67.5 Å². The number of hydrogen-bond donors (Lipinski definition) is 0. The topological polar surface area (TPSA) is 0 Å². The van der Waals surface area contributed by atoms with Crippen molar-refractivity contribution in [2.75, 3.05) is 0 Å². The Balaban J connectivity index is 0. The van der Waals surface area contributed by atoms with E-state index in [1.54, 1.807) is 0 Å². The maximum atomic E-state index is 0. The molecule has 0 saturated heterocycles. The predicted octanol–water partition coefficient (Wildman–Crippen LogP) is -1.36. The summed E-state index contributed by atoms with van der Waals surface area (Å²) in [5.41, 5.74) is 0. The molecule has 0 aromatic rings. The first-order valence-corrected chi connectivity index (χ1v) is 0. The van der Waals surface area contributed by atoms with E-state index in [-0.39, 0.29) is 136 Å². The van der Waals surface area contributed by atoms with Crippen LogP contribution in [-0.4, -0.2) is 0 Å². The van der Waals surface area contributed by atoms with Crippen molar-refractivity contribution in [3.63, 3.8) is 0 Å². The third kappa shape index (κ3) is 78.0. The van der Waals surface area contributed by atoms with E-state index < -0.39 is 0 Å². The van der Waals surface area contributed by atoms with Gasteiger partial charge in [0.2, 0.25) is 0 Å². The van der Waals surface area contributed by atoms with Gasteiger partial charge in [0.05, 0.1) is 0 Å². The van der Waals surface area contributed by atoms with E-state index in [4.69, 9.17) is 0 Å². The fourth-order valence-electron chi connectivity index (χ4n) is 0. The van der Waals surface area contributed by atoms with Crippen molar-refractivity contribution in [2.24, 2.45) is 0 Å². The van der Waals surface area contributed by atoms with Gasteiger partial charge in [-0.25, -0.2) is 0 Å². The molecule has 0 aliphatic rings. The van der Waals surface area contributed by atoms with Crippen LogP contribution in [0.15, 0.2) is 0 Å². The smallest absolute Gasteiger partial charge is 0 e. The summed E-state index contributed by atoms with van der Waals surface area (Å²) in [4.78, 5) is 0. The van der Waals surface area contributed by atoms with Gasteiger partial charge in [-0.05, 0) is 0 Å². The Morgan fingerprint density at radius 2 is 0.222 bits per heavy atom. The monoisotopic (exact) mass is 389 g/mol. The summed E-state index contributed by atoms with van der Waals surface area (Å²) in [6.45, 7) is 0. The minimum atomic E-state index is 0. The van der Waals surface area contributed by atoms with Crippen molar-refractivity contribution in [3.8, 4) is 0 Å². The third-order valence-corrected chi connectivity index (χ3v) is 0. The maximum absolute atomic E-state index is 0. The standard InChI is InChI=1S/4Fe.5H2S/h;;;;5*1H2/p-5. The van der Waals surface area contributed by atoms with Crippen LogP contribution in [0, 0.1) is 0 Å². The molecule has 0 spiro atoms. The van der Waals surface area contributed by atoms with Gasteiger partial charge in [-0.15, -0.1) is 0 Å². The third-order valence-electron chi connectivity index (χ3n) is 0. The van der Waals surface area contributed by atoms with Crippen LogP contribution in [0.4, 0.5) is 0 Å². The minimum absolute atomic E-state index is 0. The molecular weight excluding hydrogens is 384 g/mol. The second kappa shape index (κ2) is 94.6. The summed E-state index contributed by atoms with van der Waals surface area (Å²) < 4.78 is 0. The molecule has 0 unspecified atom stereocenters. The molecule has 0 aliphatic heterocycles. The van der Waals surface area contributed by atoms with Gasteiger partial charge in [-0.1, -0.05) is 0 Å². The number of rotatable bonds is 0. The zero-order valence-corrected chi connectivity index (χ0v) is 12.5. The Morgan fingerprint density at radius 1 is 0.222 bits per heavy atom. The van der Waals surface area contributed by atoms with E-state index in [1.165, 1.54) is 0 Å². The summed E-state index contributed by atoms with van der Waals surface area (Å²) in [6.07, 6.45) is 0. The molecule has 0 atom stereocenters. The zero-order valence-electron chi connectivity index (χ0n) is 3.65. The molecule has 0 aromatic carbocycles. The Hall–Kier alpha value is 3.83. The van der Waals surface area contributed by atoms with Crippen molar-refractivity contribution < 1.29 is 68.3 Å². The molecule has 0 aliphatic carbocycles. The average molecular weight is 389 g/mol. The molecular formula is H5Fe4S5-5. The quantitative estimate of drug-likeness (QED) is 0.285. The molecule has 0 bridgehead atoms. The van der Waals surface area contributed by atoms with Crippen LogP contribution in [0.2, 0.25) is 0 Å². The molecule has 0 radical (unpaired) electrons. The first-order chi connectivity index (χ1) is 0. The summed E-state index contributed by atoms with van der Waals surface area (Å²) in [7, 11) is 0. The largest absolute Gasteiger partial charge is 0.813 e. The number of thiol groups is 5. The van der Waals surface area contributed by atoms with Crippen LogP contribution in [0.1, 0.15) is 0 Å². The van der Waals surface area contributed by atoms with E-state index in [0.29, 0.717) is 0 Å². The SMILES string of the molecule is [Fe].[Fe].[Fe].[Fe].[SH-].[SH-].[SH-].[SH-].[SH-]. The molecule has 0 nitrogen and oxygen atoms in total. The fraction of sp³-hybridized carbons (Fsp3) is 0. The Kier molecular flexibility index (Phi) is 1290. The molecule has 0 aromatic heterocycles. The predicted molar refractivity (Wildman–Crippen MR) is 43.8 cm³/mol. The molecule has 0 saturated carbocycles. The van der Waals surface area contributed by atoms with Crippen molar-refractivity contribution in [2.45, 2.75) is 0 Å². The van der Waals surface area contributed by atoms with Gasteiger partial charge in [0.15, 0.2) is 0 Å². The zero-order chi connectivity index (χ0) is 0.